The second-order valence-corrected chi connectivity index (χ2v) is 4.92. The Balaban J connectivity index is 1.46. The summed E-state index contributed by atoms with van der Waals surface area (Å²) >= 11 is 0. The highest BCUT2D eigenvalue weighted by molar-refractivity contribution is 5.78. The Morgan fingerprint density at radius 2 is 2.14 bits per heavy atom. The minimum absolute atomic E-state index is 0.0682. The normalized spacial score (nSPS) is 14.9. The summed E-state index contributed by atoms with van der Waals surface area (Å²) in [7, 11) is 0. The first-order valence-corrected chi connectivity index (χ1v) is 6.58. The third-order valence-electron chi connectivity index (χ3n) is 3.30. The predicted octanol–water partition coefficient (Wildman–Crippen LogP) is 1.52. The first kappa shape index (κ1) is 13.5. The lowest BCUT2D eigenvalue weighted by atomic mass is 10.0. The number of aryl methyl sites for hydroxylation is 1. The van der Waals surface area contributed by atoms with Crippen LogP contribution in [0.5, 0.6) is 5.75 Å². The van der Waals surface area contributed by atoms with Crippen LogP contribution in [0.25, 0.3) is 0 Å². The summed E-state index contributed by atoms with van der Waals surface area (Å²) < 4.78 is 23.1. The zero-order valence-electron chi connectivity index (χ0n) is 11.5. The van der Waals surface area contributed by atoms with Crippen LogP contribution >= 0.6 is 0 Å². The number of aromatic nitrogens is 2. The second kappa shape index (κ2) is 5.51. The summed E-state index contributed by atoms with van der Waals surface area (Å²) in [6, 6.07) is 5.56. The van der Waals surface area contributed by atoms with Gasteiger partial charge in [-0.05, 0) is 31.2 Å². The molecule has 0 spiro atoms. The van der Waals surface area contributed by atoms with E-state index in [0.717, 1.165) is 0 Å². The van der Waals surface area contributed by atoms with E-state index in [4.69, 9.17) is 9.26 Å². The lowest BCUT2D eigenvalue weighted by molar-refractivity contribution is -0.138. The van der Waals surface area contributed by atoms with Crippen molar-refractivity contribution in [2.24, 2.45) is 0 Å². The first-order chi connectivity index (χ1) is 10.1. The largest absolute Gasteiger partial charge is 0.484 e. The number of carbonyl (C=O) groups is 1. The number of hydrogen-bond donors (Lipinski definition) is 0. The van der Waals surface area contributed by atoms with Gasteiger partial charge in [0.2, 0.25) is 5.89 Å². The van der Waals surface area contributed by atoms with Crippen LogP contribution in [0.2, 0.25) is 0 Å². The van der Waals surface area contributed by atoms with E-state index in [1.54, 1.807) is 11.8 Å². The molecule has 2 heterocycles. The number of rotatable bonds is 4. The van der Waals surface area contributed by atoms with Gasteiger partial charge in [-0.1, -0.05) is 5.16 Å². The van der Waals surface area contributed by atoms with Crippen LogP contribution < -0.4 is 4.74 Å². The lowest BCUT2D eigenvalue weighted by Crippen LogP contribution is -2.50. The highest BCUT2D eigenvalue weighted by atomic mass is 19.1. The maximum atomic E-state index is 12.7. The summed E-state index contributed by atoms with van der Waals surface area (Å²) in [6.07, 6.45) is 0. The van der Waals surface area contributed by atoms with Gasteiger partial charge in [0, 0.05) is 13.1 Å². The Kier molecular flexibility index (Phi) is 3.55. The Labute approximate surface area is 120 Å². The van der Waals surface area contributed by atoms with E-state index in [-0.39, 0.29) is 24.2 Å². The van der Waals surface area contributed by atoms with Gasteiger partial charge in [-0.3, -0.25) is 4.79 Å². The molecule has 0 unspecified atom stereocenters. The zero-order valence-corrected chi connectivity index (χ0v) is 11.5. The van der Waals surface area contributed by atoms with Crippen molar-refractivity contribution in [2.45, 2.75) is 12.8 Å². The van der Waals surface area contributed by atoms with Gasteiger partial charge in [0.05, 0.1) is 5.92 Å². The molecule has 7 heteroatoms. The summed E-state index contributed by atoms with van der Waals surface area (Å²) in [5, 5.41) is 3.73. The second-order valence-electron chi connectivity index (χ2n) is 4.92. The quantitative estimate of drug-likeness (QED) is 0.854. The fraction of sp³-hybridized carbons (Fsp3) is 0.357. The lowest BCUT2D eigenvalue weighted by Gasteiger charge is -2.36. The van der Waals surface area contributed by atoms with Gasteiger partial charge in [0.25, 0.3) is 5.91 Å². The van der Waals surface area contributed by atoms with Gasteiger partial charge in [0.15, 0.2) is 12.4 Å². The van der Waals surface area contributed by atoms with Crippen LogP contribution in [0.15, 0.2) is 28.8 Å². The van der Waals surface area contributed by atoms with E-state index in [9.17, 15) is 9.18 Å². The molecule has 0 aliphatic carbocycles. The van der Waals surface area contributed by atoms with E-state index in [0.29, 0.717) is 30.6 Å². The minimum atomic E-state index is -0.339. The van der Waals surface area contributed by atoms with Crippen LogP contribution in [-0.2, 0) is 4.79 Å². The minimum Gasteiger partial charge on any atom is -0.484 e. The van der Waals surface area contributed by atoms with Crippen molar-refractivity contribution in [3.63, 3.8) is 0 Å². The molecule has 1 fully saturated rings. The third-order valence-corrected chi connectivity index (χ3v) is 3.30. The van der Waals surface area contributed by atoms with Crippen molar-refractivity contribution < 1.29 is 18.4 Å². The zero-order chi connectivity index (χ0) is 14.8. The molecular formula is C14H14FN3O3. The number of halogens is 1. The third kappa shape index (κ3) is 3.01. The van der Waals surface area contributed by atoms with Gasteiger partial charge in [-0.15, -0.1) is 0 Å². The fourth-order valence-electron chi connectivity index (χ4n) is 2.08. The molecule has 110 valence electrons. The number of carbonyl (C=O) groups excluding carboxylic acids is 1. The molecule has 2 aromatic rings. The van der Waals surface area contributed by atoms with Crippen molar-refractivity contribution in [1.82, 2.24) is 15.0 Å². The number of hydrogen-bond acceptors (Lipinski definition) is 5. The smallest absolute Gasteiger partial charge is 0.260 e. The van der Waals surface area contributed by atoms with Crippen molar-refractivity contribution >= 4 is 5.91 Å². The number of benzene rings is 1. The van der Waals surface area contributed by atoms with E-state index in [1.807, 2.05) is 0 Å². The molecule has 1 aliphatic heterocycles. The number of nitrogens with zero attached hydrogens (tertiary/aromatic N) is 3. The molecule has 1 aromatic heterocycles. The standard InChI is InChI=1S/C14H14FN3O3/c1-9-16-14(21-17-9)10-6-18(7-10)13(19)8-20-12-4-2-11(15)3-5-12/h2-5,10H,6-8H2,1H3. The molecule has 0 atom stereocenters. The number of ether oxygens (including phenoxy) is 1. The van der Waals surface area contributed by atoms with Crippen LogP contribution in [0, 0.1) is 12.7 Å². The van der Waals surface area contributed by atoms with E-state index < -0.39 is 0 Å². The molecule has 21 heavy (non-hydrogen) atoms. The molecule has 1 aromatic carbocycles. The van der Waals surface area contributed by atoms with E-state index >= 15 is 0 Å². The van der Waals surface area contributed by atoms with E-state index in [1.165, 1.54) is 24.3 Å². The maximum absolute atomic E-state index is 12.7. The summed E-state index contributed by atoms with van der Waals surface area (Å²) in [4.78, 5) is 17.7. The topological polar surface area (TPSA) is 68.5 Å². The number of likely N-dealkylation sites (tertiary alicyclic amines) is 1. The predicted molar refractivity (Wildman–Crippen MR) is 70.3 cm³/mol. The molecule has 0 saturated carbocycles. The molecule has 3 rings (SSSR count). The summed E-state index contributed by atoms with van der Waals surface area (Å²) in [5.41, 5.74) is 0. The Morgan fingerprint density at radius 3 is 2.76 bits per heavy atom. The van der Waals surface area contributed by atoms with Gasteiger partial charge < -0.3 is 14.2 Å². The van der Waals surface area contributed by atoms with Crippen LogP contribution in [0.3, 0.4) is 0 Å². The molecule has 1 aliphatic rings. The number of amides is 1. The van der Waals surface area contributed by atoms with Gasteiger partial charge in [-0.25, -0.2) is 4.39 Å². The molecular weight excluding hydrogens is 277 g/mol. The highest BCUT2D eigenvalue weighted by Gasteiger charge is 2.35. The van der Waals surface area contributed by atoms with Crippen molar-refractivity contribution in [1.29, 1.82) is 0 Å². The van der Waals surface area contributed by atoms with Crippen molar-refractivity contribution in [3.05, 3.63) is 41.8 Å². The summed E-state index contributed by atoms with van der Waals surface area (Å²) in [6.45, 7) is 2.78. The van der Waals surface area contributed by atoms with Crippen LogP contribution in [0.4, 0.5) is 4.39 Å². The van der Waals surface area contributed by atoms with Crippen molar-refractivity contribution in [2.75, 3.05) is 19.7 Å². The molecule has 0 radical (unpaired) electrons. The monoisotopic (exact) mass is 291 g/mol. The maximum Gasteiger partial charge on any atom is 0.260 e. The molecule has 6 nitrogen and oxygen atoms in total. The van der Waals surface area contributed by atoms with Crippen LogP contribution in [0.1, 0.15) is 17.6 Å². The average molecular weight is 291 g/mol. The fourth-order valence-corrected chi connectivity index (χ4v) is 2.08. The SMILES string of the molecule is Cc1noc(C2CN(C(=O)COc3ccc(F)cc3)C2)n1. The highest BCUT2D eigenvalue weighted by Crippen LogP contribution is 2.25. The first-order valence-electron chi connectivity index (χ1n) is 6.58. The Morgan fingerprint density at radius 1 is 1.43 bits per heavy atom. The Hall–Kier alpha value is -2.44. The molecule has 0 bridgehead atoms. The van der Waals surface area contributed by atoms with Crippen LogP contribution in [-0.4, -0.2) is 40.6 Å². The Bertz CT molecular complexity index is 635. The van der Waals surface area contributed by atoms with Gasteiger partial charge >= 0.3 is 0 Å². The average Bonchev–Trinajstić information content (AvgIpc) is 2.83. The van der Waals surface area contributed by atoms with Crippen molar-refractivity contribution in [3.8, 4) is 5.75 Å². The molecule has 1 amide bonds. The summed E-state index contributed by atoms with van der Waals surface area (Å²) in [5.74, 6) is 1.27. The van der Waals surface area contributed by atoms with E-state index in [2.05, 4.69) is 10.1 Å². The molecule has 0 N–H and O–H groups in total. The van der Waals surface area contributed by atoms with Gasteiger partial charge in [-0.2, -0.15) is 4.98 Å². The molecule has 1 saturated heterocycles. The van der Waals surface area contributed by atoms with Gasteiger partial charge in [0.1, 0.15) is 11.6 Å².